The molecule has 0 aliphatic carbocycles. The molecular weight excluding hydrogens is 336 g/mol. The van der Waals surface area contributed by atoms with Gasteiger partial charge >= 0.3 is 0 Å². The highest BCUT2D eigenvalue weighted by atomic mass is 35.5. The maximum absolute atomic E-state index is 12.1. The first kappa shape index (κ1) is 19.9. The molecular formula is C15H21ClN4O4. The van der Waals surface area contributed by atoms with Gasteiger partial charge in [0.1, 0.15) is 6.04 Å². The number of carbonyl (C=O) groups is 2. The minimum absolute atomic E-state index is 0. The van der Waals surface area contributed by atoms with Crippen molar-refractivity contribution in [2.24, 2.45) is 0 Å². The van der Waals surface area contributed by atoms with E-state index in [1.807, 2.05) is 0 Å². The van der Waals surface area contributed by atoms with Crippen LogP contribution in [0.1, 0.15) is 30.1 Å². The molecule has 3 N–H and O–H groups in total. The molecule has 9 heteroatoms. The number of hydrogen-bond donors (Lipinski definition) is 3. The zero-order chi connectivity index (χ0) is 16.8. The van der Waals surface area contributed by atoms with Crippen molar-refractivity contribution in [1.29, 1.82) is 0 Å². The van der Waals surface area contributed by atoms with E-state index in [0.717, 1.165) is 19.4 Å². The predicted octanol–water partition coefficient (Wildman–Crippen LogP) is 1.00. The lowest BCUT2D eigenvalue weighted by Gasteiger charge is -2.16. The predicted molar refractivity (Wildman–Crippen MR) is 91.3 cm³/mol. The molecule has 2 rings (SSSR count). The van der Waals surface area contributed by atoms with Crippen molar-refractivity contribution in [2.75, 3.05) is 13.1 Å². The van der Waals surface area contributed by atoms with Crippen LogP contribution in [0.5, 0.6) is 0 Å². The fourth-order valence-electron chi connectivity index (χ4n) is 2.41. The van der Waals surface area contributed by atoms with Crippen molar-refractivity contribution in [3.05, 3.63) is 39.9 Å². The number of non-ortho nitro benzene ring substituents is 1. The van der Waals surface area contributed by atoms with Crippen molar-refractivity contribution in [3.8, 4) is 0 Å². The van der Waals surface area contributed by atoms with Crippen LogP contribution in [0, 0.1) is 10.1 Å². The van der Waals surface area contributed by atoms with Gasteiger partial charge in [-0.2, -0.15) is 0 Å². The number of nitro groups is 1. The Balaban J connectivity index is 0.00000288. The molecule has 2 amide bonds. The molecule has 0 bridgehead atoms. The molecule has 0 spiro atoms. The highest BCUT2D eigenvalue weighted by molar-refractivity contribution is 5.97. The van der Waals surface area contributed by atoms with Crippen LogP contribution in [0.25, 0.3) is 0 Å². The van der Waals surface area contributed by atoms with Gasteiger partial charge < -0.3 is 16.0 Å². The van der Waals surface area contributed by atoms with Crippen molar-refractivity contribution in [3.63, 3.8) is 0 Å². The molecule has 1 aromatic rings. The number of carbonyl (C=O) groups excluding carboxylic acids is 2. The normalized spacial score (nSPS) is 17.5. The van der Waals surface area contributed by atoms with Crippen LogP contribution < -0.4 is 16.0 Å². The van der Waals surface area contributed by atoms with Crippen LogP contribution in [0.2, 0.25) is 0 Å². The number of rotatable bonds is 6. The first-order valence-corrected chi connectivity index (χ1v) is 7.54. The van der Waals surface area contributed by atoms with E-state index in [0.29, 0.717) is 6.54 Å². The molecule has 1 fully saturated rings. The summed E-state index contributed by atoms with van der Waals surface area (Å²) in [6.07, 6.45) is 2.12. The lowest BCUT2D eigenvalue weighted by atomic mass is 10.1. The maximum Gasteiger partial charge on any atom is 0.270 e. The van der Waals surface area contributed by atoms with Crippen LogP contribution in [-0.2, 0) is 4.79 Å². The Morgan fingerprint density at radius 3 is 2.83 bits per heavy atom. The third kappa shape index (κ3) is 5.47. The standard InChI is InChI=1S/C15H20N4O4.ClH/c1-10(14(20)17-9-12-5-3-7-16-12)18-15(21)11-4-2-6-13(8-11)19(22)23;/h2,4,6,8,10,12,16H,3,5,7,9H2,1H3,(H,17,20)(H,18,21);1H. The molecule has 2 atom stereocenters. The Hall–Kier alpha value is -2.19. The van der Waals surface area contributed by atoms with E-state index in [2.05, 4.69) is 16.0 Å². The van der Waals surface area contributed by atoms with Crippen LogP contribution in [-0.4, -0.2) is 41.9 Å². The third-order valence-electron chi connectivity index (χ3n) is 3.75. The largest absolute Gasteiger partial charge is 0.353 e. The van der Waals surface area contributed by atoms with Crippen LogP contribution in [0.4, 0.5) is 5.69 Å². The van der Waals surface area contributed by atoms with Crippen LogP contribution >= 0.6 is 12.4 Å². The summed E-state index contributed by atoms with van der Waals surface area (Å²) in [7, 11) is 0. The zero-order valence-corrected chi connectivity index (χ0v) is 14.1. The quantitative estimate of drug-likeness (QED) is 0.520. The number of amides is 2. The van der Waals surface area contributed by atoms with E-state index < -0.39 is 16.9 Å². The molecule has 1 aliphatic heterocycles. The Labute approximate surface area is 145 Å². The smallest absolute Gasteiger partial charge is 0.270 e. The van der Waals surface area contributed by atoms with Gasteiger partial charge in [0, 0.05) is 30.3 Å². The van der Waals surface area contributed by atoms with Gasteiger partial charge in [-0.3, -0.25) is 19.7 Å². The van der Waals surface area contributed by atoms with Crippen molar-refractivity contribution in [2.45, 2.75) is 31.8 Å². The number of nitrogens with one attached hydrogen (secondary N) is 3. The van der Waals surface area contributed by atoms with Gasteiger partial charge in [-0.05, 0) is 32.4 Å². The second kappa shape index (κ2) is 9.19. The Bertz CT molecular complexity index is 605. The fourth-order valence-corrected chi connectivity index (χ4v) is 2.41. The zero-order valence-electron chi connectivity index (χ0n) is 13.3. The number of nitrogens with zero attached hydrogens (tertiary/aromatic N) is 1. The first-order valence-electron chi connectivity index (χ1n) is 7.54. The van der Waals surface area contributed by atoms with Gasteiger partial charge in [0.25, 0.3) is 11.6 Å². The minimum Gasteiger partial charge on any atom is -0.353 e. The lowest BCUT2D eigenvalue weighted by Crippen LogP contribution is -2.47. The van der Waals surface area contributed by atoms with Gasteiger partial charge in [0.2, 0.25) is 5.91 Å². The topological polar surface area (TPSA) is 113 Å². The second-order valence-corrected chi connectivity index (χ2v) is 5.54. The molecule has 0 radical (unpaired) electrons. The van der Waals surface area contributed by atoms with Crippen molar-refractivity contribution in [1.82, 2.24) is 16.0 Å². The number of benzene rings is 1. The molecule has 0 aromatic heterocycles. The maximum atomic E-state index is 12.1. The Kier molecular flexibility index (Phi) is 7.60. The summed E-state index contributed by atoms with van der Waals surface area (Å²) in [6, 6.07) is 4.95. The number of hydrogen-bond acceptors (Lipinski definition) is 5. The minimum atomic E-state index is -0.719. The third-order valence-corrected chi connectivity index (χ3v) is 3.75. The molecule has 0 saturated carbocycles. The van der Waals surface area contributed by atoms with Gasteiger partial charge in [-0.25, -0.2) is 0 Å². The summed E-state index contributed by atoms with van der Waals surface area (Å²) in [5.41, 5.74) is -0.0154. The summed E-state index contributed by atoms with van der Waals surface area (Å²) >= 11 is 0. The lowest BCUT2D eigenvalue weighted by molar-refractivity contribution is -0.384. The summed E-state index contributed by atoms with van der Waals surface area (Å²) in [5, 5.41) is 19.3. The van der Waals surface area contributed by atoms with E-state index in [4.69, 9.17) is 0 Å². The highest BCUT2D eigenvalue weighted by Crippen LogP contribution is 2.13. The molecule has 1 aliphatic rings. The monoisotopic (exact) mass is 356 g/mol. The number of halogens is 1. The second-order valence-electron chi connectivity index (χ2n) is 5.54. The van der Waals surface area contributed by atoms with Crippen LogP contribution in [0.15, 0.2) is 24.3 Å². The van der Waals surface area contributed by atoms with E-state index >= 15 is 0 Å². The number of nitro benzene ring substituents is 1. The summed E-state index contributed by atoms with van der Waals surface area (Å²) in [6.45, 7) is 3.06. The molecule has 24 heavy (non-hydrogen) atoms. The van der Waals surface area contributed by atoms with E-state index in [1.165, 1.54) is 24.3 Å². The molecule has 132 valence electrons. The SMILES string of the molecule is CC(NC(=O)c1cccc([N+](=O)[O-])c1)C(=O)NCC1CCCN1.Cl. The van der Waals surface area contributed by atoms with Gasteiger partial charge in [-0.15, -0.1) is 12.4 Å². The van der Waals surface area contributed by atoms with E-state index in [9.17, 15) is 19.7 Å². The molecule has 2 unspecified atom stereocenters. The Morgan fingerprint density at radius 1 is 1.46 bits per heavy atom. The molecule has 1 saturated heterocycles. The summed E-state index contributed by atoms with van der Waals surface area (Å²) in [5.74, 6) is -0.798. The van der Waals surface area contributed by atoms with Crippen LogP contribution in [0.3, 0.4) is 0 Å². The van der Waals surface area contributed by atoms with Crippen molar-refractivity contribution >= 4 is 29.9 Å². The molecule has 1 heterocycles. The summed E-state index contributed by atoms with van der Waals surface area (Å²) < 4.78 is 0. The van der Waals surface area contributed by atoms with Gasteiger partial charge in [0.05, 0.1) is 4.92 Å². The highest BCUT2D eigenvalue weighted by Gasteiger charge is 2.20. The van der Waals surface area contributed by atoms with Gasteiger partial charge in [-0.1, -0.05) is 6.07 Å². The first-order chi connectivity index (χ1) is 11.0. The Morgan fingerprint density at radius 2 is 2.21 bits per heavy atom. The molecule has 8 nitrogen and oxygen atoms in total. The van der Waals surface area contributed by atoms with E-state index in [1.54, 1.807) is 6.92 Å². The average molecular weight is 357 g/mol. The molecule has 1 aromatic carbocycles. The average Bonchev–Trinajstić information content (AvgIpc) is 3.06. The van der Waals surface area contributed by atoms with Crippen molar-refractivity contribution < 1.29 is 14.5 Å². The fraction of sp³-hybridized carbons (Fsp3) is 0.467. The van der Waals surface area contributed by atoms with E-state index in [-0.39, 0.29) is 35.6 Å². The van der Waals surface area contributed by atoms with Gasteiger partial charge in [0.15, 0.2) is 0 Å². The summed E-state index contributed by atoms with van der Waals surface area (Å²) in [4.78, 5) is 34.2.